The Morgan fingerprint density at radius 3 is 2.74 bits per heavy atom. The predicted octanol–water partition coefficient (Wildman–Crippen LogP) is 2.32. The minimum absolute atomic E-state index is 0.648. The van der Waals surface area contributed by atoms with Crippen LogP contribution in [0.15, 0.2) is 0 Å². The van der Waals surface area contributed by atoms with Gasteiger partial charge in [-0.3, -0.25) is 9.80 Å². The average molecular weight is 267 g/mol. The highest BCUT2D eigenvalue weighted by Crippen LogP contribution is 2.26. The van der Waals surface area contributed by atoms with Crippen molar-refractivity contribution in [1.29, 1.82) is 0 Å². The molecule has 2 aliphatic heterocycles. The van der Waals surface area contributed by atoms with Gasteiger partial charge in [0.25, 0.3) is 0 Å². The highest BCUT2D eigenvalue weighted by molar-refractivity contribution is 4.94. The molecular formula is C16H33N3. The third kappa shape index (κ3) is 3.50. The summed E-state index contributed by atoms with van der Waals surface area (Å²) < 4.78 is 0. The van der Waals surface area contributed by atoms with Crippen LogP contribution in [-0.4, -0.2) is 60.1 Å². The summed E-state index contributed by atoms with van der Waals surface area (Å²) in [5.74, 6) is 0. The third-order valence-electron chi connectivity index (χ3n) is 5.19. The van der Waals surface area contributed by atoms with Crippen LogP contribution < -0.4 is 5.32 Å². The van der Waals surface area contributed by atoms with Crippen LogP contribution in [0.1, 0.15) is 53.4 Å². The van der Waals surface area contributed by atoms with Crippen LogP contribution in [0.25, 0.3) is 0 Å². The maximum atomic E-state index is 3.74. The number of hydrogen-bond acceptors (Lipinski definition) is 3. The Balaban J connectivity index is 1.94. The number of rotatable bonds is 6. The number of nitrogens with zero attached hydrogens (tertiary/aromatic N) is 2. The molecule has 2 saturated heterocycles. The largest absolute Gasteiger partial charge is 0.312 e. The van der Waals surface area contributed by atoms with E-state index in [-0.39, 0.29) is 0 Å². The van der Waals surface area contributed by atoms with Gasteiger partial charge in [-0.2, -0.15) is 0 Å². The summed E-state index contributed by atoms with van der Waals surface area (Å²) in [4.78, 5) is 5.48. The molecule has 4 unspecified atom stereocenters. The van der Waals surface area contributed by atoms with Crippen molar-refractivity contribution in [3.05, 3.63) is 0 Å². The first kappa shape index (κ1) is 15.3. The van der Waals surface area contributed by atoms with Crippen molar-refractivity contribution < 1.29 is 0 Å². The summed E-state index contributed by atoms with van der Waals surface area (Å²) in [6, 6.07) is 2.86. The predicted molar refractivity (Wildman–Crippen MR) is 82.6 cm³/mol. The summed E-state index contributed by atoms with van der Waals surface area (Å²) in [6.07, 6.45) is 5.29. The highest BCUT2D eigenvalue weighted by atomic mass is 15.3. The molecule has 2 rings (SSSR count). The zero-order valence-corrected chi connectivity index (χ0v) is 13.4. The molecule has 0 radical (unpaired) electrons. The minimum Gasteiger partial charge on any atom is -0.312 e. The van der Waals surface area contributed by atoms with Gasteiger partial charge in [-0.25, -0.2) is 0 Å². The van der Waals surface area contributed by atoms with E-state index in [0.717, 1.165) is 12.6 Å². The van der Waals surface area contributed by atoms with E-state index in [2.05, 4.69) is 42.8 Å². The van der Waals surface area contributed by atoms with E-state index in [9.17, 15) is 0 Å². The molecule has 2 fully saturated rings. The van der Waals surface area contributed by atoms with Crippen molar-refractivity contribution in [3.63, 3.8) is 0 Å². The molecule has 0 aromatic heterocycles. The van der Waals surface area contributed by atoms with Gasteiger partial charge in [0.05, 0.1) is 0 Å². The molecule has 0 aromatic carbocycles. The lowest BCUT2D eigenvalue weighted by molar-refractivity contribution is 0.0208. The molecule has 0 amide bonds. The number of nitrogens with one attached hydrogen (secondary N) is 1. The zero-order valence-electron chi connectivity index (χ0n) is 13.4. The fourth-order valence-electron chi connectivity index (χ4n) is 3.99. The Bertz CT molecular complexity index is 269. The number of piperazine rings is 1. The van der Waals surface area contributed by atoms with Gasteiger partial charge < -0.3 is 5.32 Å². The van der Waals surface area contributed by atoms with E-state index in [0.29, 0.717) is 18.1 Å². The fourth-order valence-corrected chi connectivity index (χ4v) is 3.99. The molecule has 2 aliphatic rings. The smallest absolute Gasteiger partial charge is 0.0224 e. The molecule has 0 bridgehead atoms. The number of hydrogen-bond donors (Lipinski definition) is 1. The van der Waals surface area contributed by atoms with E-state index < -0.39 is 0 Å². The second kappa shape index (κ2) is 7.05. The molecule has 2 heterocycles. The second-order valence-corrected chi connectivity index (χ2v) is 6.55. The van der Waals surface area contributed by atoms with Crippen molar-refractivity contribution in [2.75, 3.05) is 26.2 Å². The Labute approximate surface area is 119 Å². The van der Waals surface area contributed by atoms with Crippen LogP contribution in [0.3, 0.4) is 0 Å². The molecule has 1 N–H and O–H groups in total. The van der Waals surface area contributed by atoms with Crippen LogP contribution in [0, 0.1) is 0 Å². The molecule has 0 saturated carbocycles. The Hall–Kier alpha value is -0.120. The van der Waals surface area contributed by atoms with Gasteiger partial charge in [0, 0.05) is 37.3 Å². The van der Waals surface area contributed by atoms with Gasteiger partial charge >= 0.3 is 0 Å². The van der Waals surface area contributed by atoms with Gasteiger partial charge in [0.1, 0.15) is 0 Å². The lowest BCUT2D eigenvalue weighted by Gasteiger charge is -2.47. The van der Waals surface area contributed by atoms with Crippen LogP contribution >= 0.6 is 0 Å². The van der Waals surface area contributed by atoms with Gasteiger partial charge in [-0.05, 0) is 52.6 Å². The van der Waals surface area contributed by atoms with Crippen LogP contribution in [-0.2, 0) is 0 Å². The normalized spacial score (nSPS) is 32.2. The van der Waals surface area contributed by atoms with Crippen molar-refractivity contribution in [3.8, 4) is 0 Å². The molecule has 0 aliphatic carbocycles. The topological polar surface area (TPSA) is 18.5 Å². The molecule has 4 atom stereocenters. The van der Waals surface area contributed by atoms with Gasteiger partial charge in [-0.1, -0.05) is 13.8 Å². The van der Waals surface area contributed by atoms with Crippen molar-refractivity contribution in [2.24, 2.45) is 0 Å². The maximum Gasteiger partial charge on any atom is 0.0224 e. The van der Waals surface area contributed by atoms with E-state index >= 15 is 0 Å². The highest BCUT2D eigenvalue weighted by Gasteiger charge is 2.37. The zero-order chi connectivity index (χ0) is 13.8. The molecule has 19 heavy (non-hydrogen) atoms. The molecule has 3 nitrogen and oxygen atoms in total. The van der Waals surface area contributed by atoms with Crippen molar-refractivity contribution >= 4 is 0 Å². The third-order valence-corrected chi connectivity index (χ3v) is 5.19. The second-order valence-electron chi connectivity index (χ2n) is 6.55. The fraction of sp³-hybridized carbons (Fsp3) is 1.00. The molecule has 0 spiro atoms. The van der Waals surface area contributed by atoms with Crippen molar-refractivity contribution in [2.45, 2.75) is 77.5 Å². The molecule has 0 aromatic rings. The minimum atomic E-state index is 0.648. The maximum absolute atomic E-state index is 3.74. The van der Waals surface area contributed by atoms with E-state index in [1.165, 1.54) is 45.3 Å². The van der Waals surface area contributed by atoms with Crippen LogP contribution in [0.5, 0.6) is 0 Å². The van der Waals surface area contributed by atoms with E-state index in [1.807, 2.05) is 0 Å². The molecule has 112 valence electrons. The van der Waals surface area contributed by atoms with Crippen LogP contribution in [0.2, 0.25) is 0 Å². The van der Waals surface area contributed by atoms with E-state index in [4.69, 9.17) is 0 Å². The number of fused-ring (bicyclic) bond motifs is 1. The summed E-state index contributed by atoms with van der Waals surface area (Å²) >= 11 is 0. The Kier molecular flexibility index (Phi) is 5.67. The summed E-state index contributed by atoms with van der Waals surface area (Å²) in [6.45, 7) is 14.5. The Morgan fingerprint density at radius 1 is 1.26 bits per heavy atom. The van der Waals surface area contributed by atoms with Gasteiger partial charge in [0.2, 0.25) is 0 Å². The monoisotopic (exact) mass is 267 g/mol. The average Bonchev–Trinajstić information content (AvgIpc) is 2.85. The first-order chi connectivity index (χ1) is 9.17. The summed E-state index contributed by atoms with van der Waals surface area (Å²) in [5, 5.41) is 3.74. The SMILES string of the molecule is CCCNC(CC)C(C)N1CC2CCCN2CC1C. The lowest BCUT2D eigenvalue weighted by atomic mass is 9.99. The van der Waals surface area contributed by atoms with Gasteiger partial charge in [-0.15, -0.1) is 0 Å². The van der Waals surface area contributed by atoms with Crippen LogP contribution in [0.4, 0.5) is 0 Å². The van der Waals surface area contributed by atoms with Gasteiger partial charge in [0.15, 0.2) is 0 Å². The van der Waals surface area contributed by atoms with Crippen molar-refractivity contribution in [1.82, 2.24) is 15.1 Å². The Morgan fingerprint density at radius 2 is 2.05 bits per heavy atom. The first-order valence-corrected chi connectivity index (χ1v) is 8.40. The summed E-state index contributed by atoms with van der Waals surface area (Å²) in [7, 11) is 0. The lowest BCUT2D eigenvalue weighted by Crippen LogP contribution is -2.61. The van der Waals surface area contributed by atoms with E-state index in [1.54, 1.807) is 0 Å². The molecular weight excluding hydrogens is 234 g/mol. The molecule has 3 heteroatoms. The quantitative estimate of drug-likeness (QED) is 0.797. The standard InChI is InChI=1S/C16H33N3/c1-5-9-17-16(6-2)14(4)19-12-15-8-7-10-18(15)11-13(19)3/h13-17H,5-12H2,1-4H3. The summed E-state index contributed by atoms with van der Waals surface area (Å²) in [5.41, 5.74) is 0. The first-order valence-electron chi connectivity index (χ1n) is 8.40.